The van der Waals surface area contributed by atoms with Gasteiger partial charge < -0.3 is 5.84 Å². The summed E-state index contributed by atoms with van der Waals surface area (Å²) in [7, 11) is 0. The van der Waals surface area contributed by atoms with Gasteiger partial charge in [0.1, 0.15) is 0 Å². The van der Waals surface area contributed by atoms with E-state index >= 15 is 0 Å². The van der Waals surface area contributed by atoms with Crippen LogP contribution < -0.4 is 5.84 Å². The second-order valence-corrected chi connectivity index (χ2v) is 4.24. The number of allylic oxidation sites excluding steroid dienone is 4. The summed E-state index contributed by atoms with van der Waals surface area (Å²) in [6.45, 7) is 0. The highest BCUT2D eigenvalue weighted by Gasteiger charge is 2.15. The van der Waals surface area contributed by atoms with Gasteiger partial charge in [-0.05, 0) is 18.4 Å². The minimum absolute atomic E-state index is 0.695. The number of aromatic nitrogens is 3. The van der Waals surface area contributed by atoms with Crippen molar-refractivity contribution in [2.75, 3.05) is 5.84 Å². The molecule has 1 heterocycles. The molecule has 2 N–H and O–H groups in total. The molecule has 0 atom stereocenters. The molecule has 0 spiro atoms. The molecule has 0 amide bonds. The summed E-state index contributed by atoms with van der Waals surface area (Å²) < 4.78 is 1.57. The Balaban J connectivity index is 2.03. The SMILES string of the molecule is Nn1c(C2=CC=CCC2)nnc1-c1ccccc1. The molecule has 0 saturated heterocycles. The van der Waals surface area contributed by atoms with Crippen molar-refractivity contribution in [3.8, 4) is 11.4 Å². The van der Waals surface area contributed by atoms with E-state index < -0.39 is 0 Å². The number of nitrogens with two attached hydrogens (primary N) is 1. The number of hydrogen-bond donors (Lipinski definition) is 1. The van der Waals surface area contributed by atoms with Crippen LogP contribution in [-0.4, -0.2) is 14.9 Å². The summed E-state index contributed by atoms with van der Waals surface area (Å²) in [5.74, 6) is 7.54. The molecule has 1 aliphatic rings. The molecule has 4 heteroatoms. The highest BCUT2D eigenvalue weighted by atomic mass is 15.4. The van der Waals surface area contributed by atoms with Crippen LogP contribution in [0.3, 0.4) is 0 Å². The van der Waals surface area contributed by atoms with E-state index in [4.69, 9.17) is 5.84 Å². The molecule has 1 aromatic heterocycles. The largest absolute Gasteiger partial charge is 0.336 e. The van der Waals surface area contributed by atoms with Crippen molar-refractivity contribution in [2.24, 2.45) is 0 Å². The Kier molecular flexibility index (Phi) is 2.68. The second kappa shape index (κ2) is 4.49. The van der Waals surface area contributed by atoms with Crippen LogP contribution in [-0.2, 0) is 0 Å². The molecule has 2 aromatic rings. The zero-order chi connectivity index (χ0) is 12.4. The first-order chi connectivity index (χ1) is 8.86. The molecule has 0 fully saturated rings. The first-order valence-corrected chi connectivity index (χ1v) is 5.98. The molecule has 0 saturated carbocycles. The van der Waals surface area contributed by atoms with E-state index in [-0.39, 0.29) is 0 Å². The van der Waals surface area contributed by atoms with Crippen LogP contribution in [0.25, 0.3) is 17.0 Å². The standard InChI is InChI=1S/C14H14N4/c15-18-13(11-7-3-1-4-8-11)16-17-14(18)12-9-5-2-6-10-12/h1-5,7-9H,6,10,15H2. The normalized spacial score (nSPS) is 14.6. The molecule has 0 radical (unpaired) electrons. The molecule has 0 bridgehead atoms. The first-order valence-electron chi connectivity index (χ1n) is 5.98. The van der Waals surface area contributed by atoms with Crippen molar-refractivity contribution in [1.82, 2.24) is 14.9 Å². The van der Waals surface area contributed by atoms with Crippen molar-refractivity contribution >= 4 is 5.57 Å². The van der Waals surface area contributed by atoms with Gasteiger partial charge in [-0.1, -0.05) is 48.6 Å². The van der Waals surface area contributed by atoms with Gasteiger partial charge in [-0.2, -0.15) is 0 Å². The predicted molar refractivity (Wildman–Crippen MR) is 72.0 cm³/mol. The molecule has 3 rings (SSSR count). The highest BCUT2D eigenvalue weighted by molar-refractivity contribution is 5.66. The molecule has 0 unspecified atom stereocenters. The summed E-state index contributed by atoms with van der Waals surface area (Å²) >= 11 is 0. The third kappa shape index (κ3) is 1.82. The predicted octanol–water partition coefficient (Wildman–Crippen LogP) is 2.39. The van der Waals surface area contributed by atoms with Gasteiger partial charge in [0.05, 0.1) is 0 Å². The summed E-state index contributed by atoms with van der Waals surface area (Å²) in [5.41, 5.74) is 2.11. The van der Waals surface area contributed by atoms with Gasteiger partial charge in [-0.25, -0.2) is 4.68 Å². The molecular weight excluding hydrogens is 224 g/mol. The van der Waals surface area contributed by atoms with Crippen LogP contribution in [0.1, 0.15) is 18.7 Å². The second-order valence-electron chi connectivity index (χ2n) is 4.24. The lowest BCUT2D eigenvalue weighted by Crippen LogP contribution is -2.14. The minimum atomic E-state index is 0.695. The molecule has 1 aromatic carbocycles. The Hall–Kier alpha value is -2.36. The highest BCUT2D eigenvalue weighted by Crippen LogP contribution is 2.24. The van der Waals surface area contributed by atoms with Crippen LogP contribution >= 0.6 is 0 Å². The number of nitrogen functional groups attached to an aromatic ring is 1. The van der Waals surface area contributed by atoms with Crippen LogP contribution in [0.2, 0.25) is 0 Å². The van der Waals surface area contributed by atoms with Crippen LogP contribution in [0.4, 0.5) is 0 Å². The number of hydrogen-bond acceptors (Lipinski definition) is 3. The van der Waals surface area contributed by atoms with Crippen molar-refractivity contribution in [3.05, 3.63) is 54.4 Å². The fraction of sp³-hybridized carbons (Fsp3) is 0.143. The Labute approximate surface area is 105 Å². The summed E-state index contributed by atoms with van der Waals surface area (Å²) in [4.78, 5) is 0. The van der Waals surface area contributed by atoms with E-state index in [0.29, 0.717) is 5.82 Å². The van der Waals surface area contributed by atoms with Gasteiger partial charge in [-0.3, -0.25) is 0 Å². The molecule has 90 valence electrons. The van der Waals surface area contributed by atoms with E-state index in [2.05, 4.69) is 16.3 Å². The maximum atomic E-state index is 6.09. The van der Waals surface area contributed by atoms with E-state index in [1.54, 1.807) is 4.68 Å². The van der Waals surface area contributed by atoms with Crippen molar-refractivity contribution < 1.29 is 0 Å². The topological polar surface area (TPSA) is 56.7 Å². The Morgan fingerprint density at radius 3 is 2.56 bits per heavy atom. The van der Waals surface area contributed by atoms with E-state index in [1.807, 2.05) is 42.5 Å². The molecule has 18 heavy (non-hydrogen) atoms. The maximum absolute atomic E-state index is 6.09. The van der Waals surface area contributed by atoms with E-state index in [1.165, 1.54) is 0 Å². The molecule has 4 nitrogen and oxygen atoms in total. The van der Waals surface area contributed by atoms with Gasteiger partial charge in [-0.15, -0.1) is 10.2 Å². The zero-order valence-corrected chi connectivity index (χ0v) is 9.95. The molecule has 0 aliphatic heterocycles. The van der Waals surface area contributed by atoms with Gasteiger partial charge in [0.15, 0.2) is 11.6 Å². The van der Waals surface area contributed by atoms with Crippen LogP contribution in [0.15, 0.2) is 48.6 Å². The van der Waals surface area contributed by atoms with Crippen molar-refractivity contribution in [3.63, 3.8) is 0 Å². The zero-order valence-electron chi connectivity index (χ0n) is 9.95. The van der Waals surface area contributed by atoms with Crippen LogP contribution in [0, 0.1) is 0 Å². The van der Waals surface area contributed by atoms with Crippen molar-refractivity contribution in [2.45, 2.75) is 12.8 Å². The quantitative estimate of drug-likeness (QED) is 0.817. The third-order valence-electron chi connectivity index (χ3n) is 3.03. The number of benzene rings is 1. The lowest BCUT2D eigenvalue weighted by atomic mass is 10.0. The van der Waals surface area contributed by atoms with Gasteiger partial charge in [0, 0.05) is 5.56 Å². The molecular formula is C14H14N4. The van der Waals surface area contributed by atoms with E-state index in [0.717, 1.165) is 29.8 Å². The molecule has 1 aliphatic carbocycles. The Morgan fingerprint density at radius 1 is 1.06 bits per heavy atom. The number of rotatable bonds is 2. The smallest absolute Gasteiger partial charge is 0.182 e. The lowest BCUT2D eigenvalue weighted by molar-refractivity contribution is 0.936. The monoisotopic (exact) mass is 238 g/mol. The lowest BCUT2D eigenvalue weighted by Gasteiger charge is -2.08. The Morgan fingerprint density at radius 2 is 1.83 bits per heavy atom. The van der Waals surface area contributed by atoms with Gasteiger partial charge in [0.2, 0.25) is 0 Å². The average Bonchev–Trinajstić information content (AvgIpc) is 2.83. The van der Waals surface area contributed by atoms with Gasteiger partial charge in [0.25, 0.3) is 0 Å². The first kappa shape index (κ1) is 10.8. The fourth-order valence-electron chi connectivity index (χ4n) is 2.08. The average molecular weight is 238 g/mol. The van der Waals surface area contributed by atoms with Crippen LogP contribution in [0.5, 0.6) is 0 Å². The summed E-state index contributed by atoms with van der Waals surface area (Å²) in [6.07, 6.45) is 8.21. The van der Waals surface area contributed by atoms with E-state index in [9.17, 15) is 0 Å². The summed E-state index contributed by atoms with van der Waals surface area (Å²) in [6, 6.07) is 9.85. The Bertz CT molecular complexity index is 608. The fourth-order valence-corrected chi connectivity index (χ4v) is 2.08. The maximum Gasteiger partial charge on any atom is 0.182 e. The third-order valence-corrected chi connectivity index (χ3v) is 3.03. The van der Waals surface area contributed by atoms with Gasteiger partial charge >= 0.3 is 0 Å². The summed E-state index contributed by atoms with van der Waals surface area (Å²) in [5, 5.41) is 8.39. The minimum Gasteiger partial charge on any atom is -0.336 e. The number of nitrogens with zero attached hydrogens (tertiary/aromatic N) is 3. The van der Waals surface area contributed by atoms with Crippen molar-refractivity contribution in [1.29, 1.82) is 0 Å².